The van der Waals surface area contributed by atoms with Crippen LogP contribution in [0.2, 0.25) is 0 Å². The summed E-state index contributed by atoms with van der Waals surface area (Å²) in [5, 5.41) is 2.89. The minimum Gasteiger partial charge on any atom is -0.378 e. The molecule has 5 nitrogen and oxygen atoms in total. The summed E-state index contributed by atoms with van der Waals surface area (Å²) in [6, 6.07) is -0.119. The van der Waals surface area contributed by atoms with Crippen LogP contribution in [0.3, 0.4) is 0 Å². The summed E-state index contributed by atoms with van der Waals surface area (Å²) < 4.78 is 5.44. The Morgan fingerprint density at radius 1 is 1.45 bits per heavy atom. The van der Waals surface area contributed by atoms with Gasteiger partial charge in [-0.15, -0.1) is 0 Å². The minimum atomic E-state index is -0.119. The number of amides is 1. The first-order valence-corrected chi connectivity index (χ1v) is 7.80. The number of nitrogens with two attached hydrogens (primary N) is 1. The number of carbonyl (C=O) groups is 1. The van der Waals surface area contributed by atoms with E-state index in [1.54, 1.807) is 0 Å². The van der Waals surface area contributed by atoms with Crippen LogP contribution in [0.15, 0.2) is 0 Å². The molecule has 0 bridgehead atoms. The lowest BCUT2D eigenvalue weighted by molar-refractivity contribution is -0.132. The van der Waals surface area contributed by atoms with Crippen LogP contribution in [0.25, 0.3) is 0 Å². The fraction of sp³-hybridized carbons (Fsp3) is 0.933. The van der Waals surface area contributed by atoms with E-state index in [4.69, 9.17) is 10.5 Å². The molecule has 3 N–H and O–H groups in total. The number of ether oxygens (including phenoxy) is 1. The fourth-order valence-corrected chi connectivity index (χ4v) is 2.46. The second kappa shape index (κ2) is 8.60. The number of hydrogen-bond donors (Lipinski definition) is 2. The molecule has 118 valence electrons. The summed E-state index contributed by atoms with van der Waals surface area (Å²) >= 11 is 0. The lowest BCUT2D eigenvalue weighted by Crippen LogP contribution is -2.53. The Kier molecular flexibility index (Phi) is 7.48. The zero-order chi connectivity index (χ0) is 15.0. The molecular formula is C15H31N3O2. The van der Waals surface area contributed by atoms with Crippen molar-refractivity contribution in [2.45, 2.75) is 46.1 Å². The number of morpholine rings is 1. The third-order valence-electron chi connectivity index (χ3n) is 3.99. The Morgan fingerprint density at radius 2 is 2.20 bits per heavy atom. The number of carbonyl (C=O) groups excluding carboxylic acids is 1. The van der Waals surface area contributed by atoms with Gasteiger partial charge < -0.3 is 15.8 Å². The van der Waals surface area contributed by atoms with E-state index in [2.05, 4.69) is 24.1 Å². The molecule has 0 spiro atoms. The summed E-state index contributed by atoms with van der Waals surface area (Å²) in [5.41, 5.74) is 5.97. The first kappa shape index (κ1) is 17.4. The van der Waals surface area contributed by atoms with Crippen molar-refractivity contribution in [2.24, 2.45) is 11.1 Å². The molecule has 0 radical (unpaired) electrons. The monoisotopic (exact) mass is 285 g/mol. The Bertz CT molecular complexity index is 295. The van der Waals surface area contributed by atoms with Crippen molar-refractivity contribution in [3.05, 3.63) is 0 Å². The minimum absolute atomic E-state index is 0.0921. The summed E-state index contributed by atoms with van der Waals surface area (Å²) in [4.78, 5) is 14.3. The van der Waals surface area contributed by atoms with Crippen LogP contribution in [0.5, 0.6) is 0 Å². The highest BCUT2D eigenvalue weighted by atomic mass is 16.5. The molecule has 1 aliphatic rings. The molecule has 1 heterocycles. The molecule has 20 heavy (non-hydrogen) atoms. The number of nitrogens with zero attached hydrogens (tertiary/aromatic N) is 1. The largest absolute Gasteiger partial charge is 0.378 e. The maximum atomic E-state index is 12.0. The van der Waals surface area contributed by atoms with Gasteiger partial charge in [-0.3, -0.25) is 9.69 Å². The van der Waals surface area contributed by atoms with Crippen LogP contribution in [0.4, 0.5) is 0 Å². The molecule has 1 fully saturated rings. The van der Waals surface area contributed by atoms with E-state index >= 15 is 0 Å². The Hall–Kier alpha value is -0.650. The van der Waals surface area contributed by atoms with E-state index in [1.807, 2.05) is 6.92 Å². The molecule has 1 atom stereocenters. The zero-order valence-electron chi connectivity index (χ0n) is 13.3. The second-order valence-electron chi connectivity index (χ2n) is 6.35. The normalized spacial score (nSPS) is 20.9. The van der Waals surface area contributed by atoms with Crippen molar-refractivity contribution in [2.75, 3.05) is 39.4 Å². The van der Waals surface area contributed by atoms with Gasteiger partial charge >= 0.3 is 0 Å². The van der Waals surface area contributed by atoms with Crippen LogP contribution < -0.4 is 11.1 Å². The molecule has 1 amide bonds. The highest BCUT2D eigenvalue weighted by Crippen LogP contribution is 2.21. The second-order valence-corrected chi connectivity index (χ2v) is 6.35. The van der Waals surface area contributed by atoms with E-state index < -0.39 is 0 Å². The van der Waals surface area contributed by atoms with E-state index in [0.717, 1.165) is 45.5 Å². The Balaban J connectivity index is 2.34. The van der Waals surface area contributed by atoms with Crippen molar-refractivity contribution < 1.29 is 9.53 Å². The van der Waals surface area contributed by atoms with Gasteiger partial charge in [0.15, 0.2) is 0 Å². The SMILES string of the molecule is CCNC(=O)C1COCCN1CCCCC(C)(C)CN. The van der Waals surface area contributed by atoms with Gasteiger partial charge in [0, 0.05) is 13.1 Å². The third kappa shape index (κ3) is 5.77. The standard InChI is InChI=1S/C15H31N3O2/c1-4-17-14(19)13-11-20-10-9-18(13)8-6-5-7-15(2,3)12-16/h13H,4-12,16H2,1-3H3,(H,17,19). The Labute approximate surface area is 123 Å². The number of unbranched alkanes of at least 4 members (excludes halogenated alkanes) is 1. The maximum absolute atomic E-state index is 12.0. The number of rotatable bonds is 8. The predicted octanol–water partition coefficient (Wildman–Crippen LogP) is 0.979. The van der Waals surface area contributed by atoms with Crippen molar-refractivity contribution in [1.82, 2.24) is 10.2 Å². The lowest BCUT2D eigenvalue weighted by Gasteiger charge is -2.34. The smallest absolute Gasteiger partial charge is 0.239 e. The molecule has 1 rings (SSSR count). The average Bonchev–Trinajstić information content (AvgIpc) is 2.44. The lowest BCUT2D eigenvalue weighted by atomic mass is 9.87. The zero-order valence-corrected chi connectivity index (χ0v) is 13.3. The fourth-order valence-electron chi connectivity index (χ4n) is 2.46. The molecule has 0 aromatic rings. The summed E-state index contributed by atoms with van der Waals surface area (Å²) in [6.07, 6.45) is 3.41. The highest BCUT2D eigenvalue weighted by molar-refractivity contribution is 5.81. The molecule has 0 aliphatic carbocycles. The molecule has 5 heteroatoms. The first-order chi connectivity index (χ1) is 9.50. The van der Waals surface area contributed by atoms with Gasteiger partial charge in [-0.25, -0.2) is 0 Å². The van der Waals surface area contributed by atoms with Crippen LogP contribution in [0.1, 0.15) is 40.0 Å². The molecule has 1 unspecified atom stereocenters. The maximum Gasteiger partial charge on any atom is 0.239 e. The number of hydrogen-bond acceptors (Lipinski definition) is 4. The van der Waals surface area contributed by atoms with Crippen molar-refractivity contribution in [1.29, 1.82) is 0 Å². The van der Waals surface area contributed by atoms with Crippen molar-refractivity contribution >= 4 is 5.91 Å². The first-order valence-electron chi connectivity index (χ1n) is 7.80. The number of nitrogens with one attached hydrogen (secondary N) is 1. The van der Waals surface area contributed by atoms with E-state index in [-0.39, 0.29) is 17.4 Å². The van der Waals surface area contributed by atoms with Crippen LogP contribution >= 0.6 is 0 Å². The van der Waals surface area contributed by atoms with Crippen molar-refractivity contribution in [3.63, 3.8) is 0 Å². The predicted molar refractivity (Wildman–Crippen MR) is 81.6 cm³/mol. The van der Waals surface area contributed by atoms with Crippen LogP contribution in [-0.4, -0.2) is 56.2 Å². The van der Waals surface area contributed by atoms with E-state index in [1.165, 1.54) is 0 Å². The highest BCUT2D eigenvalue weighted by Gasteiger charge is 2.28. The molecule has 1 saturated heterocycles. The number of likely N-dealkylation sites (N-methyl/N-ethyl adjacent to an activating group) is 1. The molecular weight excluding hydrogens is 254 g/mol. The molecule has 1 aliphatic heterocycles. The molecule has 0 aromatic carbocycles. The molecule has 0 aromatic heterocycles. The van der Waals surface area contributed by atoms with Gasteiger partial charge in [0.25, 0.3) is 0 Å². The average molecular weight is 285 g/mol. The van der Waals surface area contributed by atoms with Gasteiger partial charge in [0.1, 0.15) is 6.04 Å². The summed E-state index contributed by atoms with van der Waals surface area (Å²) in [7, 11) is 0. The Morgan fingerprint density at radius 3 is 2.85 bits per heavy atom. The van der Waals surface area contributed by atoms with E-state index in [0.29, 0.717) is 13.2 Å². The van der Waals surface area contributed by atoms with Crippen LogP contribution in [-0.2, 0) is 9.53 Å². The van der Waals surface area contributed by atoms with Gasteiger partial charge in [0.2, 0.25) is 5.91 Å². The van der Waals surface area contributed by atoms with Gasteiger partial charge in [-0.05, 0) is 38.3 Å². The summed E-state index contributed by atoms with van der Waals surface area (Å²) in [6.45, 7) is 10.8. The topological polar surface area (TPSA) is 67.6 Å². The quantitative estimate of drug-likeness (QED) is 0.652. The van der Waals surface area contributed by atoms with Gasteiger partial charge in [0.05, 0.1) is 13.2 Å². The van der Waals surface area contributed by atoms with Crippen molar-refractivity contribution in [3.8, 4) is 0 Å². The van der Waals surface area contributed by atoms with Gasteiger partial charge in [-0.1, -0.05) is 20.3 Å². The third-order valence-corrected chi connectivity index (χ3v) is 3.99. The van der Waals surface area contributed by atoms with Crippen LogP contribution in [0, 0.1) is 5.41 Å². The molecule has 0 saturated carbocycles. The van der Waals surface area contributed by atoms with E-state index in [9.17, 15) is 4.79 Å². The van der Waals surface area contributed by atoms with Gasteiger partial charge in [-0.2, -0.15) is 0 Å². The summed E-state index contributed by atoms with van der Waals surface area (Å²) in [5.74, 6) is 0.0921.